The quantitative estimate of drug-likeness (QED) is 0.350. The molecule has 0 radical (unpaired) electrons. The molecule has 0 spiro atoms. The molecule has 2 aromatic rings. The number of piperidine rings is 1. The standard InChI is InChI=1S/C19H31NO.C8H8.2C2H5Cl/c1-6-11-17(16-12-8-7-9-13-16)21-20-18(2,3)14-10-15-19(20,4)5;1-2-8-6-4-3-5-7-8;2*1-2-3/h7-9,12-13,17H,6,10-11,14-15H2,1-5H3;2-7H,1H2;2*2H2,1H3. The number of nitrogens with zero attached hydrogens (tertiary/aromatic N) is 1. The zero-order chi connectivity index (χ0) is 26.7. The summed E-state index contributed by atoms with van der Waals surface area (Å²) in [6.07, 6.45) is 7.87. The highest BCUT2D eigenvalue weighted by molar-refractivity contribution is 6.17. The number of alkyl halides is 2. The van der Waals surface area contributed by atoms with E-state index in [1.54, 1.807) is 0 Å². The average molecular weight is 523 g/mol. The first-order chi connectivity index (χ1) is 16.6. The zero-order valence-electron chi connectivity index (χ0n) is 23.2. The fourth-order valence-corrected chi connectivity index (χ4v) is 4.19. The summed E-state index contributed by atoms with van der Waals surface area (Å²) in [7, 11) is 0. The fraction of sp³-hybridized carbons (Fsp3) is 0.548. The first-order valence-electron chi connectivity index (χ1n) is 12.9. The van der Waals surface area contributed by atoms with Crippen molar-refractivity contribution in [3.8, 4) is 0 Å². The normalized spacial score (nSPS) is 16.7. The number of rotatable bonds is 6. The molecule has 1 heterocycles. The highest BCUT2D eigenvalue weighted by atomic mass is 35.5. The number of halogens is 2. The Morgan fingerprint density at radius 1 is 0.857 bits per heavy atom. The molecular weight excluding hydrogens is 473 g/mol. The summed E-state index contributed by atoms with van der Waals surface area (Å²) in [5.41, 5.74) is 2.66. The highest BCUT2D eigenvalue weighted by Crippen LogP contribution is 2.41. The van der Waals surface area contributed by atoms with Crippen LogP contribution < -0.4 is 0 Å². The Hall–Kier alpha value is -1.32. The van der Waals surface area contributed by atoms with E-state index in [1.165, 1.54) is 30.4 Å². The van der Waals surface area contributed by atoms with Gasteiger partial charge < -0.3 is 0 Å². The fourth-order valence-electron chi connectivity index (χ4n) is 4.19. The Morgan fingerprint density at radius 2 is 1.29 bits per heavy atom. The third-order valence-corrected chi connectivity index (χ3v) is 5.67. The summed E-state index contributed by atoms with van der Waals surface area (Å²) in [6, 6.07) is 20.7. The minimum Gasteiger partial charge on any atom is -0.290 e. The summed E-state index contributed by atoms with van der Waals surface area (Å²) in [4.78, 5) is 6.58. The van der Waals surface area contributed by atoms with Gasteiger partial charge in [0.15, 0.2) is 0 Å². The molecule has 3 rings (SSSR count). The van der Waals surface area contributed by atoms with Crippen molar-refractivity contribution in [1.82, 2.24) is 5.06 Å². The van der Waals surface area contributed by atoms with Gasteiger partial charge >= 0.3 is 0 Å². The Balaban J connectivity index is 0.000000678. The van der Waals surface area contributed by atoms with Gasteiger partial charge in [0, 0.05) is 22.8 Å². The van der Waals surface area contributed by atoms with Gasteiger partial charge in [-0.2, -0.15) is 5.06 Å². The minimum atomic E-state index is 0.0997. The second kappa shape index (κ2) is 18.9. The molecule has 1 atom stereocenters. The lowest BCUT2D eigenvalue weighted by Crippen LogP contribution is -2.58. The van der Waals surface area contributed by atoms with Gasteiger partial charge in [0.25, 0.3) is 0 Å². The van der Waals surface area contributed by atoms with Crippen molar-refractivity contribution in [3.63, 3.8) is 0 Å². The van der Waals surface area contributed by atoms with Gasteiger partial charge in [0.05, 0.1) is 0 Å². The van der Waals surface area contributed by atoms with Crippen LogP contribution in [0.15, 0.2) is 67.2 Å². The summed E-state index contributed by atoms with van der Waals surface area (Å²) in [6.45, 7) is 18.9. The summed E-state index contributed by atoms with van der Waals surface area (Å²) in [5.74, 6) is 1.44. The lowest BCUT2D eigenvalue weighted by molar-refractivity contribution is -0.308. The van der Waals surface area contributed by atoms with Crippen LogP contribution in [0.1, 0.15) is 97.8 Å². The van der Waals surface area contributed by atoms with Gasteiger partial charge in [0.2, 0.25) is 0 Å². The minimum absolute atomic E-state index is 0.0997. The monoisotopic (exact) mass is 521 g/mol. The van der Waals surface area contributed by atoms with E-state index >= 15 is 0 Å². The van der Waals surface area contributed by atoms with Crippen LogP contribution in [0.25, 0.3) is 6.08 Å². The van der Waals surface area contributed by atoms with Crippen molar-refractivity contribution in [3.05, 3.63) is 78.4 Å². The van der Waals surface area contributed by atoms with Crippen LogP contribution in [-0.2, 0) is 4.84 Å². The lowest BCUT2D eigenvalue weighted by atomic mass is 9.82. The van der Waals surface area contributed by atoms with Crippen LogP contribution in [0.4, 0.5) is 0 Å². The highest BCUT2D eigenvalue weighted by Gasteiger charge is 2.43. The molecule has 1 saturated heterocycles. The van der Waals surface area contributed by atoms with Crippen LogP contribution in [0.5, 0.6) is 0 Å². The van der Waals surface area contributed by atoms with Crippen molar-refractivity contribution in [2.45, 2.75) is 97.8 Å². The van der Waals surface area contributed by atoms with Gasteiger partial charge in [-0.25, -0.2) is 0 Å². The molecule has 2 nitrogen and oxygen atoms in total. The van der Waals surface area contributed by atoms with Crippen LogP contribution in [0, 0.1) is 0 Å². The summed E-state index contributed by atoms with van der Waals surface area (Å²) >= 11 is 10.00. The number of hydroxylamine groups is 2. The molecule has 1 unspecified atom stereocenters. The lowest BCUT2D eigenvalue weighted by Gasteiger charge is -2.52. The maximum atomic E-state index is 6.58. The maximum absolute atomic E-state index is 6.58. The molecule has 198 valence electrons. The molecule has 1 fully saturated rings. The largest absolute Gasteiger partial charge is 0.290 e. The SMILES string of the molecule is C=Cc1ccccc1.CCCC(ON1C(C)(C)CCCC1(C)C)c1ccccc1.CCCl.CCCl. The Morgan fingerprint density at radius 3 is 1.66 bits per heavy atom. The number of hydrogen-bond acceptors (Lipinski definition) is 2. The predicted molar refractivity (Wildman–Crippen MR) is 158 cm³/mol. The molecule has 2 aromatic carbocycles. The molecule has 0 aromatic heterocycles. The predicted octanol–water partition coefficient (Wildman–Crippen LogP) is 10.3. The van der Waals surface area contributed by atoms with E-state index in [9.17, 15) is 0 Å². The molecule has 1 aliphatic rings. The van der Waals surface area contributed by atoms with E-state index in [1.807, 2.05) is 50.3 Å². The van der Waals surface area contributed by atoms with Crippen LogP contribution in [0.2, 0.25) is 0 Å². The summed E-state index contributed by atoms with van der Waals surface area (Å²) in [5, 5.41) is 2.29. The molecular formula is C31H49Cl2NO. The van der Waals surface area contributed by atoms with E-state index in [2.05, 4.69) is 76.6 Å². The molecule has 0 aliphatic carbocycles. The first kappa shape index (κ1) is 33.7. The van der Waals surface area contributed by atoms with Crippen LogP contribution in [0.3, 0.4) is 0 Å². The second-order valence-electron chi connectivity index (χ2n) is 9.72. The van der Waals surface area contributed by atoms with Gasteiger partial charge in [-0.1, -0.05) is 101 Å². The zero-order valence-corrected chi connectivity index (χ0v) is 24.7. The van der Waals surface area contributed by atoms with Gasteiger partial charge in [-0.15, -0.1) is 23.2 Å². The molecule has 35 heavy (non-hydrogen) atoms. The smallest absolute Gasteiger partial charge is 0.104 e. The Bertz CT molecular complexity index is 744. The third-order valence-electron chi connectivity index (χ3n) is 5.67. The number of benzene rings is 2. The summed E-state index contributed by atoms with van der Waals surface area (Å²) < 4.78 is 0. The van der Waals surface area contributed by atoms with Gasteiger partial charge in [-0.3, -0.25) is 4.84 Å². The molecule has 0 bridgehead atoms. The van der Waals surface area contributed by atoms with Crippen molar-refractivity contribution in [1.29, 1.82) is 0 Å². The van der Waals surface area contributed by atoms with Crippen molar-refractivity contribution in [2.75, 3.05) is 11.8 Å². The van der Waals surface area contributed by atoms with Gasteiger partial charge in [-0.05, 0) is 64.5 Å². The van der Waals surface area contributed by atoms with E-state index in [0.717, 1.165) is 24.6 Å². The molecule has 0 saturated carbocycles. The first-order valence-corrected chi connectivity index (χ1v) is 14.0. The molecule has 0 N–H and O–H groups in total. The van der Waals surface area contributed by atoms with Crippen LogP contribution in [-0.4, -0.2) is 27.9 Å². The molecule has 1 aliphatic heterocycles. The molecule has 4 heteroatoms. The van der Waals surface area contributed by atoms with E-state index in [0.29, 0.717) is 0 Å². The van der Waals surface area contributed by atoms with Crippen molar-refractivity contribution < 1.29 is 4.84 Å². The van der Waals surface area contributed by atoms with Gasteiger partial charge in [0.1, 0.15) is 6.10 Å². The van der Waals surface area contributed by atoms with E-state index < -0.39 is 0 Å². The van der Waals surface area contributed by atoms with Crippen molar-refractivity contribution >= 4 is 29.3 Å². The maximum Gasteiger partial charge on any atom is 0.104 e. The van der Waals surface area contributed by atoms with Crippen molar-refractivity contribution in [2.24, 2.45) is 0 Å². The topological polar surface area (TPSA) is 12.5 Å². The van der Waals surface area contributed by atoms with Crippen LogP contribution >= 0.6 is 23.2 Å². The second-order valence-corrected chi connectivity index (χ2v) is 10.8. The average Bonchev–Trinajstić information content (AvgIpc) is 2.83. The molecule has 0 amide bonds. The number of hydrogen-bond donors (Lipinski definition) is 0. The Labute approximate surface area is 226 Å². The van der Waals surface area contributed by atoms with E-state index in [-0.39, 0.29) is 17.2 Å². The Kier molecular flexibility index (Phi) is 18.2. The third kappa shape index (κ3) is 13.5. The van der Waals surface area contributed by atoms with E-state index in [4.69, 9.17) is 28.0 Å².